The van der Waals surface area contributed by atoms with Gasteiger partial charge in [0.25, 0.3) is 0 Å². The average Bonchev–Trinajstić information content (AvgIpc) is 2.67. The van der Waals surface area contributed by atoms with Crippen molar-refractivity contribution in [2.75, 3.05) is 25.0 Å². The van der Waals surface area contributed by atoms with E-state index in [-0.39, 0.29) is 12.1 Å². The molecule has 0 saturated carbocycles. The molecule has 1 fully saturated rings. The molecule has 1 aromatic heterocycles. The van der Waals surface area contributed by atoms with Crippen molar-refractivity contribution in [2.45, 2.75) is 32.0 Å². The van der Waals surface area contributed by atoms with E-state index in [9.17, 15) is 0 Å². The quantitative estimate of drug-likeness (QED) is 0.878. The molecule has 2 aromatic rings. The molecule has 2 unspecified atom stereocenters. The first-order valence-electron chi connectivity index (χ1n) is 8.80. The third-order valence-electron chi connectivity index (χ3n) is 4.51. The van der Waals surface area contributed by atoms with Crippen molar-refractivity contribution in [1.82, 2.24) is 9.88 Å². The van der Waals surface area contributed by atoms with E-state index in [0.717, 1.165) is 38.5 Å². The largest absolute Gasteiger partial charge is 0.373 e. The van der Waals surface area contributed by atoms with E-state index in [0.29, 0.717) is 5.69 Å². The van der Waals surface area contributed by atoms with Crippen LogP contribution in [-0.2, 0) is 11.3 Å². The molecule has 2 heterocycles. The third kappa shape index (κ3) is 4.79. The lowest BCUT2D eigenvalue weighted by Crippen LogP contribution is -2.49. The van der Waals surface area contributed by atoms with Gasteiger partial charge < -0.3 is 10.1 Å². The second-order valence-corrected chi connectivity index (χ2v) is 6.31. The Bertz CT molecular complexity index is 713. The van der Waals surface area contributed by atoms with Crippen LogP contribution in [0.25, 0.3) is 0 Å². The van der Waals surface area contributed by atoms with E-state index in [1.807, 2.05) is 18.2 Å². The number of rotatable bonds is 6. The maximum absolute atomic E-state index is 9.01. The van der Waals surface area contributed by atoms with Gasteiger partial charge in [0, 0.05) is 19.6 Å². The minimum absolute atomic E-state index is 0.106. The van der Waals surface area contributed by atoms with Gasteiger partial charge in [0.15, 0.2) is 0 Å². The number of hydrogen-bond acceptors (Lipinski definition) is 5. The lowest BCUT2D eigenvalue weighted by atomic mass is 10.1. The molecule has 5 nitrogen and oxygen atoms in total. The number of aromatic nitrogens is 1. The van der Waals surface area contributed by atoms with Crippen LogP contribution in [0.1, 0.15) is 24.6 Å². The molecule has 1 N–H and O–H groups in total. The van der Waals surface area contributed by atoms with Crippen LogP contribution in [0.4, 0.5) is 5.82 Å². The monoisotopic (exact) mass is 336 g/mol. The average molecular weight is 336 g/mol. The van der Waals surface area contributed by atoms with E-state index in [1.165, 1.54) is 5.56 Å². The number of benzene rings is 1. The fourth-order valence-electron chi connectivity index (χ4n) is 3.19. The maximum Gasteiger partial charge on any atom is 0.142 e. The van der Waals surface area contributed by atoms with E-state index < -0.39 is 0 Å². The van der Waals surface area contributed by atoms with Gasteiger partial charge in [-0.3, -0.25) is 4.90 Å². The molecule has 1 aliphatic heterocycles. The summed E-state index contributed by atoms with van der Waals surface area (Å²) < 4.78 is 6.03. The molecule has 3 rings (SSSR count). The minimum Gasteiger partial charge on any atom is -0.373 e. The van der Waals surface area contributed by atoms with Crippen LogP contribution in [0, 0.1) is 11.3 Å². The zero-order valence-electron chi connectivity index (χ0n) is 14.6. The van der Waals surface area contributed by atoms with Crippen LogP contribution in [0.15, 0.2) is 48.5 Å². The molecule has 0 bridgehead atoms. The summed E-state index contributed by atoms with van der Waals surface area (Å²) in [6, 6.07) is 18.2. The number of nitrogens with one attached hydrogen (secondary N) is 1. The topological polar surface area (TPSA) is 61.2 Å². The molecule has 1 aliphatic rings. The number of pyridine rings is 1. The highest BCUT2D eigenvalue weighted by molar-refractivity contribution is 5.39. The van der Waals surface area contributed by atoms with Gasteiger partial charge in [-0.2, -0.15) is 5.26 Å². The summed E-state index contributed by atoms with van der Waals surface area (Å²) in [5, 5.41) is 12.4. The SMILES string of the molecule is CCC(Nc1cccc(C#N)n1)C1CN(Cc2ccccc2)CCO1. The van der Waals surface area contributed by atoms with Crippen LogP contribution in [0.2, 0.25) is 0 Å². The van der Waals surface area contributed by atoms with Gasteiger partial charge in [0.05, 0.1) is 18.8 Å². The standard InChI is InChI=1S/C20H24N4O/c1-2-18(23-20-10-6-9-17(13-21)22-20)19-15-24(11-12-25-19)14-16-7-4-3-5-8-16/h3-10,18-19H,2,11-12,14-15H2,1H3,(H,22,23). The molecule has 0 amide bonds. The van der Waals surface area contributed by atoms with Gasteiger partial charge in [-0.05, 0) is 24.1 Å². The number of nitriles is 1. The Morgan fingerprint density at radius 2 is 2.12 bits per heavy atom. The second-order valence-electron chi connectivity index (χ2n) is 6.31. The van der Waals surface area contributed by atoms with Crippen molar-refractivity contribution < 1.29 is 4.74 Å². The fourth-order valence-corrected chi connectivity index (χ4v) is 3.19. The summed E-state index contributed by atoms with van der Waals surface area (Å²) in [6.07, 6.45) is 1.04. The number of anilines is 1. The first-order valence-corrected chi connectivity index (χ1v) is 8.80. The predicted molar refractivity (Wildman–Crippen MR) is 98.1 cm³/mol. The lowest BCUT2D eigenvalue weighted by Gasteiger charge is -2.37. The molecule has 1 aromatic carbocycles. The van der Waals surface area contributed by atoms with Gasteiger partial charge in [0.2, 0.25) is 0 Å². The molecule has 130 valence electrons. The first kappa shape index (κ1) is 17.4. The van der Waals surface area contributed by atoms with Gasteiger partial charge in [-0.15, -0.1) is 0 Å². The molecular weight excluding hydrogens is 312 g/mol. The summed E-state index contributed by atoms with van der Waals surface area (Å²) in [7, 11) is 0. The van der Waals surface area contributed by atoms with E-state index in [2.05, 4.69) is 52.5 Å². The Morgan fingerprint density at radius 3 is 2.88 bits per heavy atom. The van der Waals surface area contributed by atoms with Crippen LogP contribution >= 0.6 is 0 Å². The zero-order valence-corrected chi connectivity index (χ0v) is 14.6. The Morgan fingerprint density at radius 1 is 1.28 bits per heavy atom. The molecule has 2 atom stereocenters. The van der Waals surface area contributed by atoms with Crippen LogP contribution < -0.4 is 5.32 Å². The minimum atomic E-state index is 0.106. The van der Waals surface area contributed by atoms with E-state index in [1.54, 1.807) is 6.07 Å². The number of morpholine rings is 1. The van der Waals surface area contributed by atoms with Crippen LogP contribution in [0.5, 0.6) is 0 Å². The highest BCUT2D eigenvalue weighted by atomic mass is 16.5. The lowest BCUT2D eigenvalue weighted by molar-refractivity contribution is -0.0403. The van der Waals surface area contributed by atoms with Crippen molar-refractivity contribution in [3.05, 3.63) is 59.8 Å². The summed E-state index contributed by atoms with van der Waals surface area (Å²) in [4.78, 5) is 6.76. The van der Waals surface area contributed by atoms with Crippen molar-refractivity contribution in [2.24, 2.45) is 0 Å². The maximum atomic E-state index is 9.01. The normalized spacial score (nSPS) is 19.1. The smallest absolute Gasteiger partial charge is 0.142 e. The molecule has 1 saturated heterocycles. The summed E-state index contributed by atoms with van der Waals surface area (Å²) in [6.45, 7) is 5.66. The van der Waals surface area contributed by atoms with Crippen LogP contribution in [-0.4, -0.2) is 41.7 Å². The molecule has 0 aliphatic carbocycles. The van der Waals surface area contributed by atoms with Crippen molar-refractivity contribution in [1.29, 1.82) is 5.26 Å². The number of nitrogens with zero attached hydrogens (tertiary/aromatic N) is 3. The summed E-state index contributed by atoms with van der Waals surface area (Å²) in [5.74, 6) is 0.731. The predicted octanol–water partition coefficient (Wildman–Crippen LogP) is 3.04. The Kier molecular flexibility index (Phi) is 5.99. The van der Waals surface area contributed by atoms with Gasteiger partial charge in [-0.1, -0.05) is 43.3 Å². The summed E-state index contributed by atoms with van der Waals surface area (Å²) in [5.41, 5.74) is 1.75. The van der Waals surface area contributed by atoms with Crippen molar-refractivity contribution >= 4 is 5.82 Å². The zero-order chi connectivity index (χ0) is 17.5. The van der Waals surface area contributed by atoms with Crippen molar-refractivity contribution in [3.8, 4) is 6.07 Å². The fraction of sp³-hybridized carbons (Fsp3) is 0.400. The highest BCUT2D eigenvalue weighted by Crippen LogP contribution is 2.17. The second kappa shape index (κ2) is 8.61. The molecular formula is C20H24N4O. The summed E-state index contributed by atoms with van der Waals surface area (Å²) >= 11 is 0. The van der Waals surface area contributed by atoms with Crippen LogP contribution in [0.3, 0.4) is 0 Å². The molecule has 25 heavy (non-hydrogen) atoms. The Balaban J connectivity index is 1.63. The van der Waals surface area contributed by atoms with E-state index >= 15 is 0 Å². The van der Waals surface area contributed by atoms with E-state index in [4.69, 9.17) is 10.00 Å². The van der Waals surface area contributed by atoms with Gasteiger partial charge in [0.1, 0.15) is 17.6 Å². The molecule has 5 heteroatoms. The van der Waals surface area contributed by atoms with Gasteiger partial charge in [-0.25, -0.2) is 4.98 Å². The van der Waals surface area contributed by atoms with Gasteiger partial charge >= 0.3 is 0 Å². The third-order valence-corrected chi connectivity index (χ3v) is 4.51. The molecule has 0 radical (unpaired) electrons. The number of ether oxygens (including phenoxy) is 1. The first-order chi connectivity index (χ1) is 12.3. The number of hydrogen-bond donors (Lipinski definition) is 1. The highest BCUT2D eigenvalue weighted by Gasteiger charge is 2.27. The van der Waals surface area contributed by atoms with Crippen molar-refractivity contribution in [3.63, 3.8) is 0 Å². The Labute approximate surface area is 149 Å². The Hall–Kier alpha value is -2.42. The molecule has 0 spiro atoms.